The zero-order valence-corrected chi connectivity index (χ0v) is 8.14. The molecule has 1 aliphatic carbocycles. The predicted molar refractivity (Wildman–Crippen MR) is 48.4 cm³/mol. The summed E-state index contributed by atoms with van der Waals surface area (Å²) in [6.07, 6.45) is -3.37. The largest absolute Gasteiger partial charge is 0.419 e. The van der Waals surface area contributed by atoms with Crippen LogP contribution in [0.25, 0.3) is 0 Å². The summed E-state index contributed by atoms with van der Waals surface area (Å²) in [4.78, 5) is 10.8. The third-order valence-electron chi connectivity index (χ3n) is 2.85. The Hall–Kier alpha value is -1.39. The van der Waals surface area contributed by atoms with Crippen molar-refractivity contribution in [2.75, 3.05) is 0 Å². The number of aldehydes is 1. The Kier molecular flexibility index (Phi) is 2.29. The molecule has 0 aromatic heterocycles. The lowest BCUT2D eigenvalue weighted by atomic mass is 9.95. The number of carbonyl (C=O) groups is 1. The predicted octanol–water partition coefficient (Wildman–Crippen LogP) is 3.08. The highest BCUT2D eigenvalue weighted by Gasteiger charge is 2.48. The number of carbonyl (C=O) groups excluding carboxylic acids is 1. The first-order valence-corrected chi connectivity index (χ1v) is 4.73. The van der Waals surface area contributed by atoms with Gasteiger partial charge in [0.2, 0.25) is 0 Å². The monoisotopic (exact) mass is 232 g/mol. The first kappa shape index (κ1) is 11.1. The van der Waals surface area contributed by atoms with Crippen molar-refractivity contribution in [1.82, 2.24) is 0 Å². The molecule has 2 rings (SSSR count). The van der Waals surface area contributed by atoms with E-state index in [2.05, 4.69) is 0 Å². The Morgan fingerprint density at radius 3 is 2.31 bits per heavy atom. The van der Waals surface area contributed by atoms with E-state index in [9.17, 15) is 22.4 Å². The van der Waals surface area contributed by atoms with Crippen molar-refractivity contribution >= 4 is 6.29 Å². The molecule has 0 spiro atoms. The smallest absolute Gasteiger partial charge is 0.302 e. The summed E-state index contributed by atoms with van der Waals surface area (Å²) in [5.74, 6) is -1.32. The molecule has 0 bridgehead atoms. The molecule has 0 unspecified atom stereocenters. The van der Waals surface area contributed by atoms with Crippen LogP contribution in [0.1, 0.15) is 24.0 Å². The van der Waals surface area contributed by atoms with Crippen LogP contribution in [0.5, 0.6) is 0 Å². The molecular formula is C11H8F4O. The summed E-state index contributed by atoms with van der Waals surface area (Å²) < 4.78 is 50.9. The molecule has 0 N–H and O–H groups in total. The highest BCUT2D eigenvalue weighted by atomic mass is 19.4. The fraction of sp³-hybridized carbons (Fsp3) is 0.364. The van der Waals surface area contributed by atoms with Crippen LogP contribution in [0.3, 0.4) is 0 Å². The van der Waals surface area contributed by atoms with Crippen LogP contribution in [0, 0.1) is 5.82 Å². The number of halogens is 4. The zero-order chi connectivity index (χ0) is 12.0. The summed E-state index contributed by atoms with van der Waals surface area (Å²) >= 11 is 0. The average Bonchev–Trinajstić information content (AvgIpc) is 2.97. The van der Waals surface area contributed by atoms with Gasteiger partial charge in [0.1, 0.15) is 12.1 Å². The van der Waals surface area contributed by atoms with Gasteiger partial charge in [0.15, 0.2) is 0 Å². The van der Waals surface area contributed by atoms with Crippen molar-refractivity contribution < 1.29 is 22.4 Å². The van der Waals surface area contributed by atoms with Crippen molar-refractivity contribution in [3.05, 3.63) is 35.1 Å². The molecule has 0 heterocycles. The lowest BCUT2D eigenvalue weighted by molar-refractivity contribution is -0.140. The van der Waals surface area contributed by atoms with Crippen LogP contribution in [-0.2, 0) is 16.4 Å². The fourth-order valence-corrected chi connectivity index (χ4v) is 1.72. The van der Waals surface area contributed by atoms with Gasteiger partial charge >= 0.3 is 6.18 Å². The third kappa shape index (κ3) is 1.60. The average molecular weight is 232 g/mol. The van der Waals surface area contributed by atoms with Crippen LogP contribution in [0.15, 0.2) is 18.2 Å². The summed E-state index contributed by atoms with van der Waals surface area (Å²) in [6.45, 7) is 0. The maximum absolute atomic E-state index is 13.6. The Bertz CT molecular complexity index is 432. The highest BCUT2D eigenvalue weighted by Crippen LogP contribution is 2.48. The van der Waals surface area contributed by atoms with E-state index in [1.54, 1.807) is 0 Å². The van der Waals surface area contributed by atoms with Crippen molar-refractivity contribution in [2.45, 2.75) is 24.4 Å². The molecule has 0 amide bonds. The second-order valence-electron chi connectivity index (χ2n) is 3.94. The number of alkyl halides is 3. The third-order valence-corrected chi connectivity index (χ3v) is 2.85. The van der Waals surface area contributed by atoms with Crippen molar-refractivity contribution in [1.29, 1.82) is 0 Å². The maximum atomic E-state index is 13.6. The molecule has 0 saturated heterocycles. The molecule has 0 atom stereocenters. The van der Waals surface area contributed by atoms with Gasteiger partial charge in [-0.25, -0.2) is 4.39 Å². The zero-order valence-electron chi connectivity index (χ0n) is 8.14. The van der Waals surface area contributed by atoms with Gasteiger partial charge in [0, 0.05) is 5.56 Å². The van der Waals surface area contributed by atoms with E-state index in [0.29, 0.717) is 25.2 Å². The maximum Gasteiger partial charge on any atom is 0.419 e. The van der Waals surface area contributed by atoms with Gasteiger partial charge in [-0.05, 0) is 18.9 Å². The molecular weight excluding hydrogens is 224 g/mol. The second-order valence-corrected chi connectivity index (χ2v) is 3.94. The molecule has 1 nitrogen and oxygen atoms in total. The molecule has 1 aromatic carbocycles. The Morgan fingerprint density at radius 2 is 1.88 bits per heavy atom. The minimum atomic E-state index is -4.72. The van der Waals surface area contributed by atoms with E-state index >= 15 is 0 Å². The van der Waals surface area contributed by atoms with Gasteiger partial charge in [-0.2, -0.15) is 13.2 Å². The molecule has 5 heteroatoms. The van der Waals surface area contributed by atoms with E-state index in [-0.39, 0.29) is 5.56 Å². The highest BCUT2D eigenvalue weighted by molar-refractivity contribution is 5.73. The van der Waals surface area contributed by atoms with E-state index < -0.39 is 23.0 Å². The van der Waals surface area contributed by atoms with Crippen LogP contribution in [-0.4, -0.2) is 6.29 Å². The molecule has 1 aromatic rings. The summed E-state index contributed by atoms with van der Waals surface area (Å²) in [5.41, 5.74) is -2.47. The normalized spacial score (nSPS) is 18.2. The van der Waals surface area contributed by atoms with Crippen LogP contribution < -0.4 is 0 Å². The van der Waals surface area contributed by atoms with Crippen molar-refractivity contribution in [2.24, 2.45) is 0 Å². The summed E-state index contributed by atoms with van der Waals surface area (Å²) in [6, 6.07) is 3.05. The standard InChI is InChI=1S/C11H8F4O/c12-9-7(10(6-16)4-5-10)2-1-3-8(9)11(13,14)15/h1-3,6H,4-5H2. The van der Waals surface area contributed by atoms with Crippen LogP contribution >= 0.6 is 0 Å². The Labute approximate surface area is 89.1 Å². The van der Waals surface area contributed by atoms with Crippen molar-refractivity contribution in [3.8, 4) is 0 Å². The van der Waals surface area contributed by atoms with E-state index in [1.807, 2.05) is 0 Å². The molecule has 86 valence electrons. The van der Waals surface area contributed by atoms with Gasteiger partial charge in [0.05, 0.1) is 11.0 Å². The minimum Gasteiger partial charge on any atom is -0.302 e. The molecule has 1 saturated carbocycles. The number of hydrogen-bond donors (Lipinski definition) is 0. The molecule has 1 aliphatic rings. The van der Waals surface area contributed by atoms with Gasteiger partial charge in [-0.3, -0.25) is 0 Å². The van der Waals surface area contributed by atoms with Crippen LogP contribution in [0.4, 0.5) is 17.6 Å². The Morgan fingerprint density at radius 1 is 1.25 bits per heavy atom. The van der Waals surface area contributed by atoms with Gasteiger partial charge in [-0.15, -0.1) is 0 Å². The van der Waals surface area contributed by atoms with E-state index in [1.165, 1.54) is 6.07 Å². The topological polar surface area (TPSA) is 17.1 Å². The Balaban J connectivity index is 2.54. The molecule has 0 radical (unpaired) electrons. The van der Waals surface area contributed by atoms with Crippen molar-refractivity contribution in [3.63, 3.8) is 0 Å². The summed E-state index contributed by atoms with van der Waals surface area (Å²) in [7, 11) is 0. The SMILES string of the molecule is O=CC1(c2cccc(C(F)(F)F)c2F)CC1. The number of rotatable bonds is 2. The molecule has 16 heavy (non-hydrogen) atoms. The van der Waals surface area contributed by atoms with Crippen LogP contribution in [0.2, 0.25) is 0 Å². The van der Waals surface area contributed by atoms with E-state index in [0.717, 1.165) is 6.07 Å². The molecule has 0 aliphatic heterocycles. The van der Waals surface area contributed by atoms with Gasteiger partial charge < -0.3 is 4.79 Å². The summed E-state index contributed by atoms with van der Waals surface area (Å²) in [5, 5.41) is 0. The first-order valence-electron chi connectivity index (χ1n) is 4.73. The lowest BCUT2D eigenvalue weighted by Gasteiger charge is -2.14. The molecule has 1 fully saturated rings. The fourth-order valence-electron chi connectivity index (χ4n) is 1.72. The number of hydrogen-bond acceptors (Lipinski definition) is 1. The van der Waals surface area contributed by atoms with Gasteiger partial charge in [-0.1, -0.05) is 12.1 Å². The quantitative estimate of drug-likeness (QED) is 0.565. The second kappa shape index (κ2) is 3.30. The first-order chi connectivity index (χ1) is 7.41. The number of benzene rings is 1. The minimum absolute atomic E-state index is 0.141. The van der Waals surface area contributed by atoms with E-state index in [4.69, 9.17) is 0 Å². The lowest BCUT2D eigenvalue weighted by Crippen LogP contribution is -2.16. The van der Waals surface area contributed by atoms with Gasteiger partial charge in [0.25, 0.3) is 0 Å².